The quantitative estimate of drug-likeness (QED) is 0.553. The first kappa shape index (κ1) is 16.9. The van der Waals surface area contributed by atoms with E-state index in [-0.39, 0.29) is 11.9 Å². The van der Waals surface area contributed by atoms with Gasteiger partial charge in [-0.15, -0.1) is 0 Å². The van der Waals surface area contributed by atoms with Gasteiger partial charge in [0, 0.05) is 48.3 Å². The second-order valence-corrected chi connectivity index (χ2v) is 8.89. The molecule has 3 heterocycles. The van der Waals surface area contributed by atoms with E-state index in [4.69, 9.17) is 4.74 Å². The molecule has 6 rings (SSSR count). The predicted octanol–water partition coefficient (Wildman–Crippen LogP) is 4.24. The van der Waals surface area contributed by atoms with Crippen LogP contribution in [0.1, 0.15) is 23.7 Å². The van der Waals surface area contributed by atoms with Crippen LogP contribution in [-0.2, 0) is 18.0 Å². The zero-order valence-electron chi connectivity index (χ0n) is 15.9. The van der Waals surface area contributed by atoms with Crippen LogP contribution >= 0.6 is 0 Å². The Morgan fingerprint density at radius 2 is 2.10 bits per heavy atom. The van der Waals surface area contributed by atoms with Gasteiger partial charge in [0.25, 0.3) is 0 Å². The molecule has 5 nitrogen and oxygen atoms in total. The van der Waals surface area contributed by atoms with Crippen LogP contribution in [-0.4, -0.2) is 19.9 Å². The van der Waals surface area contributed by atoms with Crippen molar-refractivity contribution in [2.24, 2.45) is 7.05 Å². The van der Waals surface area contributed by atoms with E-state index < -0.39 is 11.0 Å². The number of nitrogens with zero attached hydrogens (tertiary/aromatic N) is 2. The number of ether oxygens (including phenoxy) is 1. The van der Waals surface area contributed by atoms with E-state index in [1.54, 1.807) is 23.3 Å². The lowest BCUT2D eigenvalue weighted by molar-refractivity contribution is 0.416. The van der Waals surface area contributed by atoms with Crippen LogP contribution in [0.25, 0.3) is 27.4 Å². The minimum Gasteiger partial charge on any atom is -0.495 e. The van der Waals surface area contributed by atoms with Gasteiger partial charge in [-0.1, -0.05) is 0 Å². The van der Waals surface area contributed by atoms with Crippen LogP contribution in [0, 0.1) is 5.82 Å². The van der Waals surface area contributed by atoms with Gasteiger partial charge in [0.2, 0.25) is 0 Å². The second kappa shape index (κ2) is 5.73. The number of rotatable bonds is 3. The van der Waals surface area contributed by atoms with Crippen molar-refractivity contribution in [1.29, 1.82) is 0 Å². The lowest BCUT2D eigenvalue weighted by Crippen LogP contribution is -2.10. The van der Waals surface area contributed by atoms with Crippen molar-refractivity contribution < 1.29 is 13.3 Å². The highest BCUT2D eigenvalue weighted by atomic mass is 32.2. The molecule has 2 atom stereocenters. The van der Waals surface area contributed by atoms with Crippen molar-refractivity contribution in [2.45, 2.75) is 17.4 Å². The molecule has 2 aromatic heterocycles. The van der Waals surface area contributed by atoms with E-state index in [9.17, 15) is 8.60 Å². The fraction of sp³-hybridized carbons (Fsp3) is 0.182. The molecule has 0 radical (unpaired) electrons. The summed E-state index contributed by atoms with van der Waals surface area (Å²) in [5.41, 5.74) is 5.35. The van der Waals surface area contributed by atoms with E-state index in [0.29, 0.717) is 16.2 Å². The molecule has 0 saturated carbocycles. The second-order valence-electron chi connectivity index (χ2n) is 7.53. The molecule has 1 N–H and O–H groups in total. The summed E-state index contributed by atoms with van der Waals surface area (Å²) in [7, 11) is 2.15. The lowest BCUT2D eigenvalue weighted by atomic mass is 10.1. The summed E-state index contributed by atoms with van der Waals surface area (Å²) >= 11 is 0. The Balaban J connectivity index is 1.59. The molecular weight excluding hydrogens is 389 g/mol. The van der Waals surface area contributed by atoms with Gasteiger partial charge in [0.1, 0.15) is 11.6 Å². The molecule has 0 saturated heterocycles. The van der Waals surface area contributed by atoms with Gasteiger partial charge in [-0.25, -0.2) is 8.60 Å². The summed E-state index contributed by atoms with van der Waals surface area (Å²) in [6.07, 6.45) is 4.80. The smallest absolute Gasteiger partial charge is 0.157 e. The van der Waals surface area contributed by atoms with E-state index >= 15 is 0 Å². The van der Waals surface area contributed by atoms with E-state index in [1.807, 2.05) is 25.2 Å². The fourth-order valence-electron chi connectivity index (χ4n) is 4.78. The maximum atomic E-state index is 13.8. The standard InChI is InChI=1S/C22H18FN3O2S/c1-25-21-13-7-17(24-11-13)20(21)16-9-15(10-19(28-2)22(16)25)29(27)26-6-5-12-3-4-14(23)8-18(12)26/h3-6,8-11,17,24H,7H2,1-2H3. The highest BCUT2D eigenvalue weighted by Gasteiger charge is 2.36. The number of nitrogens with one attached hydrogen (secondary N) is 1. The van der Waals surface area contributed by atoms with Crippen LogP contribution in [0.5, 0.6) is 5.75 Å². The SMILES string of the molecule is COc1cc(S(=O)n2ccc3ccc(F)cc32)cc2c3c(n(C)c12)C1=CNC3C1. The molecule has 4 aromatic rings. The summed E-state index contributed by atoms with van der Waals surface area (Å²) in [6, 6.07) is 10.4. The molecule has 29 heavy (non-hydrogen) atoms. The van der Waals surface area contributed by atoms with Crippen molar-refractivity contribution >= 4 is 38.4 Å². The van der Waals surface area contributed by atoms with Crippen LogP contribution in [0.3, 0.4) is 0 Å². The molecule has 2 bridgehead atoms. The van der Waals surface area contributed by atoms with E-state index in [2.05, 4.69) is 16.1 Å². The average molecular weight is 407 g/mol. The Morgan fingerprint density at radius 3 is 2.93 bits per heavy atom. The summed E-state index contributed by atoms with van der Waals surface area (Å²) in [4.78, 5) is 0.626. The van der Waals surface area contributed by atoms with Crippen LogP contribution in [0.4, 0.5) is 4.39 Å². The van der Waals surface area contributed by atoms with Gasteiger partial charge in [-0.3, -0.25) is 3.97 Å². The molecule has 0 fully saturated rings. The van der Waals surface area contributed by atoms with Gasteiger partial charge >= 0.3 is 0 Å². The average Bonchev–Trinajstić information content (AvgIpc) is 3.49. The molecule has 0 spiro atoms. The molecule has 7 heteroatoms. The number of halogens is 1. The number of hydrogen-bond acceptors (Lipinski definition) is 3. The highest BCUT2D eigenvalue weighted by molar-refractivity contribution is 7.83. The summed E-state index contributed by atoms with van der Waals surface area (Å²) in [6.45, 7) is 0. The number of hydrogen-bond donors (Lipinski definition) is 1. The highest BCUT2D eigenvalue weighted by Crippen LogP contribution is 2.50. The predicted molar refractivity (Wildman–Crippen MR) is 112 cm³/mol. The summed E-state index contributed by atoms with van der Waals surface area (Å²) in [5, 5.41) is 5.32. The van der Waals surface area contributed by atoms with Crippen LogP contribution in [0.2, 0.25) is 0 Å². The zero-order valence-corrected chi connectivity index (χ0v) is 16.7. The minimum absolute atomic E-state index is 0.249. The molecule has 2 aromatic carbocycles. The van der Waals surface area contributed by atoms with Gasteiger partial charge in [0.15, 0.2) is 11.0 Å². The normalized spacial score (nSPS) is 18.2. The van der Waals surface area contributed by atoms with Crippen LogP contribution in [0.15, 0.2) is 53.7 Å². The Kier molecular flexibility index (Phi) is 3.33. The van der Waals surface area contributed by atoms with Gasteiger partial charge < -0.3 is 14.6 Å². The van der Waals surface area contributed by atoms with Crippen molar-refractivity contribution in [2.75, 3.05) is 7.11 Å². The first-order valence-electron chi connectivity index (χ1n) is 9.41. The Labute approximate surface area is 169 Å². The maximum Gasteiger partial charge on any atom is 0.157 e. The maximum absolute atomic E-state index is 13.8. The van der Waals surface area contributed by atoms with Gasteiger partial charge in [-0.2, -0.15) is 0 Å². The molecule has 0 amide bonds. The Hall–Kier alpha value is -3.06. The van der Waals surface area contributed by atoms with Gasteiger partial charge in [-0.05, 0) is 35.9 Å². The fourth-order valence-corrected chi connectivity index (χ4v) is 5.94. The third-order valence-electron chi connectivity index (χ3n) is 6.02. The molecule has 1 aliphatic carbocycles. The first-order chi connectivity index (χ1) is 14.1. The van der Waals surface area contributed by atoms with E-state index in [0.717, 1.165) is 22.7 Å². The number of benzene rings is 2. The number of aromatic nitrogens is 2. The van der Waals surface area contributed by atoms with Crippen molar-refractivity contribution in [1.82, 2.24) is 13.9 Å². The molecule has 2 unspecified atom stereocenters. The Bertz CT molecular complexity index is 1400. The summed E-state index contributed by atoms with van der Waals surface area (Å²) < 4.78 is 36.7. The molecule has 1 aliphatic heterocycles. The van der Waals surface area contributed by atoms with Gasteiger partial charge in [0.05, 0.1) is 34.8 Å². The third kappa shape index (κ3) is 2.16. The van der Waals surface area contributed by atoms with Crippen LogP contribution < -0.4 is 10.1 Å². The monoisotopic (exact) mass is 407 g/mol. The number of methoxy groups -OCH3 is 1. The molecule has 2 aliphatic rings. The largest absolute Gasteiger partial charge is 0.495 e. The van der Waals surface area contributed by atoms with E-state index in [1.165, 1.54) is 29.0 Å². The van der Waals surface area contributed by atoms with Crippen molar-refractivity contribution in [3.8, 4) is 5.75 Å². The minimum atomic E-state index is -1.53. The number of fused-ring (bicyclic) bond motifs is 8. The molecular formula is C22H18FN3O2S. The van der Waals surface area contributed by atoms with Crippen molar-refractivity contribution in [3.05, 3.63) is 65.9 Å². The first-order valence-corrected chi connectivity index (χ1v) is 10.5. The lowest BCUT2D eigenvalue weighted by Gasteiger charge is -2.12. The number of aryl methyl sites for hydroxylation is 1. The third-order valence-corrected chi connectivity index (χ3v) is 7.33. The zero-order chi connectivity index (χ0) is 19.9. The molecule has 146 valence electrons. The topological polar surface area (TPSA) is 48.2 Å². The summed E-state index contributed by atoms with van der Waals surface area (Å²) in [5.74, 6) is 0.337. The Morgan fingerprint density at radius 1 is 1.24 bits per heavy atom. The van der Waals surface area contributed by atoms with Crippen molar-refractivity contribution in [3.63, 3.8) is 0 Å².